The minimum Gasteiger partial charge on any atom is -0.309 e. The van der Waals surface area contributed by atoms with E-state index in [9.17, 15) is 0 Å². The number of para-hydroxylation sites is 1. The maximum Gasteiger partial charge on any atom is 0.148 e. The van der Waals surface area contributed by atoms with Gasteiger partial charge in [0.15, 0.2) is 0 Å². The lowest BCUT2D eigenvalue weighted by Gasteiger charge is -2.33. The van der Waals surface area contributed by atoms with Crippen molar-refractivity contribution in [2.24, 2.45) is 0 Å². The summed E-state index contributed by atoms with van der Waals surface area (Å²) in [4.78, 5) is 4.91. The van der Waals surface area contributed by atoms with Gasteiger partial charge < -0.3 is 9.47 Å². The van der Waals surface area contributed by atoms with Crippen molar-refractivity contribution < 1.29 is 0 Å². The molecule has 2 aromatic heterocycles. The minimum atomic E-state index is 0.906. The molecule has 60 heavy (non-hydrogen) atoms. The number of anilines is 3. The fourth-order valence-corrected chi connectivity index (χ4v) is 11.3. The van der Waals surface area contributed by atoms with Crippen molar-refractivity contribution >= 4 is 105 Å². The molecule has 13 rings (SSSR count). The molecule has 0 aliphatic carbocycles. The largest absolute Gasteiger partial charge is 0.309 e. The van der Waals surface area contributed by atoms with Gasteiger partial charge in [0.05, 0.1) is 22.4 Å². The molecule has 280 valence electrons. The maximum atomic E-state index is 4.61. The lowest BCUT2D eigenvalue weighted by atomic mass is 9.93. The summed E-state index contributed by atoms with van der Waals surface area (Å²) < 4.78 is 2.47. The van der Waals surface area contributed by atoms with E-state index in [4.69, 9.17) is 0 Å². The summed E-state index contributed by atoms with van der Waals surface area (Å²) in [6, 6.07) is 70.8. The van der Waals surface area contributed by atoms with E-state index in [0.29, 0.717) is 0 Å². The number of benzene rings is 10. The molecule has 10 aromatic carbocycles. The molecule has 0 radical (unpaired) electrons. The highest BCUT2D eigenvalue weighted by molar-refractivity contribution is 7.99. The zero-order valence-corrected chi connectivity index (χ0v) is 33.7. The van der Waals surface area contributed by atoms with E-state index in [2.05, 4.69) is 196 Å². The zero-order chi connectivity index (χ0) is 39.3. The van der Waals surface area contributed by atoms with Crippen LogP contribution in [0.3, 0.4) is 0 Å². The summed E-state index contributed by atoms with van der Waals surface area (Å²) in [5, 5.41) is 23.6. The standard InChI is InChI=1S/C54H32N4S2/c1-3-13-33(14-4-1)53-55-56-54(60-53)34-23-25-38(26-24-34)58-49-27-35-15-7-8-16-36(35)28-51(49)59-52-31-46-45-29-43-41-21-11-9-19-39(41)40-20-10-12-22-42(40)44(43)30-47(45)57(48(46)32-50(52)58)37-17-5-2-6-18-37/h1-32H. The molecule has 12 aromatic rings. The Kier molecular flexibility index (Phi) is 7.37. The first-order valence-corrected chi connectivity index (χ1v) is 21.8. The topological polar surface area (TPSA) is 34.0 Å². The second-order valence-corrected chi connectivity index (χ2v) is 17.5. The quantitative estimate of drug-likeness (QED) is 0.166. The Labute approximate surface area is 353 Å². The fraction of sp³-hybridized carbons (Fsp3) is 0. The molecular formula is C54H32N4S2. The third kappa shape index (κ3) is 5.11. The second kappa shape index (κ2) is 13.1. The predicted octanol–water partition coefficient (Wildman–Crippen LogP) is 15.5. The summed E-state index contributed by atoms with van der Waals surface area (Å²) in [5.41, 5.74) is 9.07. The summed E-state index contributed by atoms with van der Waals surface area (Å²) in [6.07, 6.45) is 0. The highest BCUT2D eigenvalue weighted by atomic mass is 32.2. The smallest absolute Gasteiger partial charge is 0.148 e. The van der Waals surface area contributed by atoms with E-state index in [0.717, 1.165) is 38.2 Å². The van der Waals surface area contributed by atoms with Gasteiger partial charge in [0.25, 0.3) is 0 Å². The lowest BCUT2D eigenvalue weighted by molar-refractivity contribution is 1.10. The van der Waals surface area contributed by atoms with Crippen LogP contribution < -0.4 is 4.90 Å². The van der Waals surface area contributed by atoms with E-state index < -0.39 is 0 Å². The van der Waals surface area contributed by atoms with Crippen LogP contribution in [0.25, 0.3) is 91.7 Å². The number of fused-ring (bicyclic) bond motifs is 12. The molecule has 0 fully saturated rings. The monoisotopic (exact) mass is 800 g/mol. The first-order valence-electron chi connectivity index (χ1n) is 20.1. The molecular weight excluding hydrogens is 769 g/mol. The molecule has 1 aliphatic rings. The molecule has 6 heteroatoms. The lowest BCUT2D eigenvalue weighted by Crippen LogP contribution is -2.15. The van der Waals surface area contributed by atoms with Gasteiger partial charge in [0.2, 0.25) is 0 Å². The van der Waals surface area contributed by atoms with Crippen LogP contribution in [0.2, 0.25) is 0 Å². The fourth-order valence-electron chi connectivity index (χ4n) is 9.32. The predicted molar refractivity (Wildman–Crippen MR) is 254 cm³/mol. The zero-order valence-electron chi connectivity index (χ0n) is 32.1. The Morgan fingerprint density at radius 3 is 1.53 bits per heavy atom. The Balaban J connectivity index is 1.06. The Morgan fingerprint density at radius 2 is 0.850 bits per heavy atom. The van der Waals surface area contributed by atoms with Crippen LogP contribution in [0, 0.1) is 0 Å². The number of hydrogen-bond acceptors (Lipinski definition) is 5. The van der Waals surface area contributed by atoms with Gasteiger partial charge in [-0.2, -0.15) is 0 Å². The minimum absolute atomic E-state index is 0.906. The van der Waals surface area contributed by atoms with Crippen molar-refractivity contribution in [3.63, 3.8) is 0 Å². The van der Waals surface area contributed by atoms with Crippen LogP contribution in [0.4, 0.5) is 17.1 Å². The third-order valence-electron chi connectivity index (χ3n) is 12.1. The van der Waals surface area contributed by atoms with Gasteiger partial charge in [-0.25, -0.2) is 0 Å². The summed E-state index contributed by atoms with van der Waals surface area (Å²) in [6.45, 7) is 0. The summed E-state index contributed by atoms with van der Waals surface area (Å²) >= 11 is 3.49. The van der Waals surface area contributed by atoms with Gasteiger partial charge >= 0.3 is 0 Å². The van der Waals surface area contributed by atoms with Crippen LogP contribution in [-0.2, 0) is 0 Å². The van der Waals surface area contributed by atoms with E-state index in [1.54, 1.807) is 11.3 Å². The molecule has 0 amide bonds. The van der Waals surface area contributed by atoms with E-state index >= 15 is 0 Å². The van der Waals surface area contributed by atoms with Crippen LogP contribution in [0.15, 0.2) is 204 Å². The van der Waals surface area contributed by atoms with E-state index in [-0.39, 0.29) is 0 Å². The summed E-state index contributed by atoms with van der Waals surface area (Å²) in [7, 11) is 0. The third-order valence-corrected chi connectivity index (χ3v) is 14.2. The first kappa shape index (κ1) is 33.7. The van der Waals surface area contributed by atoms with Crippen molar-refractivity contribution in [3.05, 3.63) is 194 Å². The molecule has 4 nitrogen and oxygen atoms in total. The molecule has 0 atom stereocenters. The Hall–Kier alpha value is -7.25. The molecule has 0 bridgehead atoms. The maximum absolute atomic E-state index is 4.61. The van der Waals surface area contributed by atoms with Crippen molar-refractivity contribution in [2.75, 3.05) is 4.90 Å². The van der Waals surface area contributed by atoms with Crippen LogP contribution in [0.5, 0.6) is 0 Å². The molecule has 0 spiro atoms. The van der Waals surface area contributed by atoms with Crippen molar-refractivity contribution in [2.45, 2.75) is 9.79 Å². The van der Waals surface area contributed by atoms with E-state index in [1.165, 1.54) is 80.4 Å². The highest BCUT2D eigenvalue weighted by Gasteiger charge is 2.28. The highest BCUT2D eigenvalue weighted by Crippen LogP contribution is 2.55. The first-order chi connectivity index (χ1) is 29.7. The number of aromatic nitrogens is 3. The Bertz CT molecular complexity index is 3690. The molecule has 0 saturated carbocycles. The normalized spacial score (nSPS) is 12.6. The van der Waals surface area contributed by atoms with Gasteiger partial charge in [-0.15, -0.1) is 10.2 Å². The van der Waals surface area contributed by atoms with Crippen LogP contribution in [0.1, 0.15) is 0 Å². The van der Waals surface area contributed by atoms with E-state index in [1.807, 2.05) is 30.0 Å². The molecule has 1 aliphatic heterocycles. The SMILES string of the molecule is c1ccc(-c2nnc(-c3ccc(N4c5cc6ccccc6cc5Sc5cc6c7cc8c9ccccc9c9ccccc9c8cc7n(-c7ccccc7)c6cc54)cc3)s2)cc1. The number of rotatable bonds is 4. The average Bonchev–Trinajstić information content (AvgIpc) is 3.93. The number of hydrogen-bond donors (Lipinski definition) is 0. The second-order valence-electron chi connectivity index (χ2n) is 15.4. The Morgan fingerprint density at radius 1 is 0.350 bits per heavy atom. The average molecular weight is 801 g/mol. The molecule has 3 heterocycles. The molecule has 0 N–H and O–H groups in total. The number of nitrogens with zero attached hydrogens (tertiary/aromatic N) is 4. The van der Waals surface area contributed by atoms with Crippen LogP contribution in [-0.4, -0.2) is 14.8 Å². The van der Waals surface area contributed by atoms with Gasteiger partial charge in [0, 0.05) is 43.1 Å². The van der Waals surface area contributed by atoms with Gasteiger partial charge in [0.1, 0.15) is 10.0 Å². The van der Waals surface area contributed by atoms with Crippen molar-refractivity contribution in [1.29, 1.82) is 0 Å². The van der Waals surface area contributed by atoms with Gasteiger partial charge in [-0.1, -0.05) is 144 Å². The van der Waals surface area contributed by atoms with Gasteiger partial charge in [-0.05, 0) is 116 Å². The van der Waals surface area contributed by atoms with Crippen LogP contribution >= 0.6 is 23.1 Å². The molecule has 0 saturated heterocycles. The van der Waals surface area contributed by atoms with Gasteiger partial charge in [-0.3, -0.25) is 0 Å². The van der Waals surface area contributed by atoms with Crippen molar-refractivity contribution in [1.82, 2.24) is 14.8 Å². The summed E-state index contributed by atoms with van der Waals surface area (Å²) in [5.74, 6) is 0. The molecule has 0 unspecified atom stereocenters. The van der Waals surface area contributed by atoms with Crippen molar-refractivity contribution in [3.8, 4) is 26.8 Å².